The quantitative estimate of drug-likeness (QED) is 0.269. The van der Waals surface area contributed by atoms with Crippen LogP contribution in [0.3, 0.4) is 0 Å². The Bertz CT molecular complexity index is 1410. The van der Waals surface area contributed by atoms with Gasteiger partial charge in [-0.15, -0.1) is 0 Å². The summed E-state index contributed by atoms with van der Waals surface area (Å²) in [6, 6.07) is 17.9. The second-order valence-electron chi connectivity index (χ2n) is 7.11. The van der Waals surface area contributed by atoms with Crippen molar-refractivity contribution in [2.45, 2.75) is 11.8 Å². The van der Waals surface area contributed by atoms with Gasteiger partial charge in [0.15, 0.2) is 0 Å². The van der Waals surface area contributed by atoms with Crippen LogP contribution in [-0.2, 0) is 14.8 Å². The highest BCUT2D eigenvalue weighted by Gasteiger charge is 2.31. The van der Waals surface area contributed by atoms with Gasteiger partial charge in [0.25, 0.3) is 27.3 Å². The van der Waals surface area contributed by atoms with Gasteiger partial charge < -0.3 is 0 Å². The van der Waals surface area contributed by atoms with Crippen molar-refractivity contribution in [2.24, 2.45) is 5.10 Å². The zero-order valence-corrected chi connectivity index (χ0v) is 19.1. The van der Waals surface area contributed by atoms with Gasteiger partial charge >= 0.3 is 0 Å². The van der Waals surface area contributed by atoms with Gasteiger partial charge in [-0.05, 0) is 25.1 Å². The Morgan fingerprint density at radius 1 is 0.943 bits per heavy atom. The Morgan fingerprint density at radius 3 is 2.26 bits per heavy atom. The lowest BCUT2D eigenvalue weighted by molar-refractivity contribution is -0.384. The molecule has 0 atom stereocenters. The van der Waals surface area contributed by atoms with Gasteiger partial charge in [0.1, 0.15) is 12.2 Å². The first-order valence-corrected chi connectivity index (χ1v) is 11.4. The Morgan fingerprint density at radius 2 is 1.60 bits per heavy atom. The van der Waals surface area contributed by atoms with Crippen molar-refractivity contribution in [3.05, 3.63) is 105 Å². The van der Waals surface area contributed by atoms with Crippen LogP contribution in [0.25, 0.3) is 0 Å². The van der Waals surface area contributed by atoms with Crippen LogP contribution in [0.15, 0.2) is 88.9 Å². The number of non-ortho nitro benzene ring substituents is 1. The van der Waals surface area contributed by atoms with E-state index in [4.69, 9.17) is 0 Å². The van der Waals surface area contributed by atoms with Crippen molar-refractivity contribution >= 4 is 38.7 Å². The van der Waals surface area contributed by atoms with Crippen LogP contribution < -0.4 is 9.73 Å². The number of nitro groups is 2. The van der Waals surface area contributed by atoms with Crippen molar-refractivity contribution in [3.8, 4) is 0 Å². The first kappa shape index (κ1) is 25.0. The lowest BCUT2D eigenvalue weighted by Crippen LogP contribution is -2.40. The Kier molecular flexibility index (Phi) is 7.51. The summed E-state index contributed by atoms with van der Waals surface area (Å²) < 4.78 is 27.3. The third-order valence-corrected chi connectivity index (χ3v) is 6.56. The number of benzene rings is 3. The van der Waals surface area contributed by atoms with E-state index in [1.807, 2.05) is 0 Å². The molecule has 3 aromatic rings. The number of hydrogen-bond acceptors (Lipinski definition) is 8. The minimum absolute atomic E-state index is 0.165. The first-order chi connectivity index (χ1) is 16.6. The van der Waals surface area contributed by atoms with Crippen LogP contribution in [0.5, 0.6) is 0 Å². The van der Waals surface area contributed by atoms with E-state index < -0.39 is 38.0 Å². The van der Waals surface area contributed by atoms with E-state index in [0.717, 1.165) is 6.07 Å². The van der Waals surface area contributed by atoms with Crippen LogP contribution in [0.4, 0.5) is 17.1 Å². The Balaban J connectivity index is 1.93. The molecule has 0 aliphatic heterocycles. The topological polar surface area (TPSA) is 165 Å². The van der Waals surface area contributed by atoms with Crippen molar-refractivity contribution in [1.29, 1.82) is 0 Å². The molecule has 1 N–H and O–H groups in total. The summed E-state index contributed by atoms with van der Waals surface area (Å²) in [5.74, 6) is -0.882. The monoisotopic (exact) mass is 497 g/mol. The number of nitrogens with zero attached hydrogens (tertiary/aromatic N) is 4. The minimum atomic E-state index is -4.37. The van der Waals surface area contributed by atoms with Gasteiger partial charge in [0.2, 0.25) is 0 Å². The normalized spacial score (nSPS) is 11.5. The standard InChI is InChI=1S/C22H19N5O7S/c1-16(17-8-7-9-18(14-17)26(29)30)23-24-22(28)15-25(20-12-5-6-13-21(20)27(31)32)35(33,34)19-10-3-2-4-11-19/h2-14H,15H2,1H3,(H,24,28)/b23-16-. The first-order valence-electron chi connectivity index (χ1n) is 10.0. The molecule has 1 amide bonds. The van der Waals surface area contributed by atoms with Gasteiger partial charge in [0, 0.05) is 23.8 Å². The Labute approximate surface area is 199 Å². The molecule has 180 valence electrons. The molecule has 0 aliphatic rings. The smallest absolute Gasteiger partial charge is 0.271 e. The number of carbonyl (C=O) groups excluding carboxylic acids is 1. The number of nitrogens with one attached hydrogen (secondary N) is 1. The van der Waals surface area contributed by atoms with E-state index in [1.165, 1.54) is 67.6 Å². The maximum absolute atomic E-state index is 13.3. The second-order valence-corrected chi connectivity index (χ2v) is 8.97. The van der Waals surface area contributed by atoms with E-state index in [-0.39, 0.29) is 22.0 Å². The number of amides is 1. The Hall–Kier alpha value is -4.65. The summed E-state index contributed by atoms with van der Waals surface area (Å²) in [5.41, 5.74) is 1.83. The molecule has 0 unspecified atom stereocenters. The van der Waals surface area contributed by atoms with Crippen molar-refractivity contribution < 1.29 is 23.1 Å². The number of sulfonamides is 1. The number of hydrazone groups is 1. The molecule has 13 heteroatoms. The molecule has 0 aromatic heterocycles. The average Bonchev–Trinajstić information content (AvgIpc) is 2.86. The van der Waals surface area contributed by atoms with Crippen molar-refractivity contribution in [2.75, 3.05) is 10.8 Å². The largest absolute Gasteiger partial charge is 0.293 e. The highest BCUT2D eigenvalue weighted by molar-refractivity contribution is 7.92. The molecular formula is C22H19N5O7S. The van der Waals surface area contributed by atoms with E-state index in [2.05, 4.69) is 10.5 Å². The number of anilines is 1. The molecule has 0 heterocycles. The predicted octanol–water partition coefficient (Wildman–Crippen LogP) is 3.24. The predicted molar refractivity (Wildman–Crippen MR) is 128 cm³/mol. The van der Waals surface area contributed by atoms with Crippen LogP contribution in [0.2, 0.25) is 0 Å². The van der Waals surface area contributed by atoms with Crippen molar-refractivity contribution in [1.82, 2.24) is 5.43 Å². The van der Waals surface area contributed by atoms with Crippen LogP contribution in [0.1, 0.15) is 12.5 Å². The fourth-order valence-electron chi connectivity index (χ4n) is 3.07. The number of para-hydroxylation sites is 2. The maximum Gasteiger partial charge on any atom is 0.293 e. The minimum Gasteiger partial charge on any atom is -0.271 e. The average molecular weight is 497 g/mol. The van der Waals surface area contributed by atoms with E-state index >= 15 is 0 Å². The van der Waals surface area contributed by atoms with Gasteiger partial charge in [-0.3, -0.25) is 25.0 Å². The van der Waals surface area contributed by atoms with Crippen molar-refractivity contribution in [3.63, 3.8) is 0 Å². The third-order valence-electron chi connectivity index (χ3n) is 4.79. The van der Waals surface area contributed by atoms with Crippen LogP contribution in [-0.4, -0.2) is 36.4 Å². The number of hydrogen-bond donors (Lipinski definition) is 1. The molecule has 0 bridgehead atoms. The fraction of sp³-hybridized carbons (Fsp3) is 0.0909. The lowest BCUT2D eigenvalue weighted by Gasteiger charge is -2.23. The zero-order chi connectivity index (χ0) is 25.6. The third kappa shape index (κ3) is 5.83. The van der Waals surface area contributed by atoms with E-state index in [9.17, 15) is 33.4 Å². The molecule has 0 saturated heterocycles. The summed E-state index contributed by atoms with van der Waals surface area (Å²) in [7, 11) is -4.37. The van der Waals surface area contributed by atoms with Gasteiger partial charge in [-0.25, -0.2) is 18.1 Å². The molecule has 0 radical (unpaired) electrons. The van der Waals surface area contributed by atoms with Gasteiger partial charge in [-0.2, -0.15) is 5.10 Å². The van der Waals surface area contributed by atoms with Crippen LogP contribution in [0, 0.1) is 20.2 Å². The number of rotatable bonds is 9. The molecule has 3 aromatic carbocycles. The summed E-state index contributed by atoms with van der Waals surface area (Å²) in [5, 5.41) is 26.4. The molecule has 0 spiro atoms. The molecular weight excluding hydrogens is 478 g/mol. The highest BCUT2D eigenvalue weighted by atomic mass is 32.2. The molecule has 0 saturated carbocycles. The molecule has 0 aliphatic carbocycles. The molecule has 3 rings (SSSR count). The summed E-state index contributed by atoms with van der Waals surface area (Å²) in [4.78, 5) is 33.7. The zero-order valence-electron chi connectivity index (χ0n) is 18.3. The van der Waals surface area contributed by atoms with Gasteiger partial charge in [0.05, 0.1) is 20.5 Å². The summed E-state index contributed by atoms with van der Waals surface area (Å²) in [6.07, 6.45) is 0. The SMILES string of the molecule is C/C(=N/NC(=O)CN(c1ccccc1[N+](=O)[O-])S(=O)(=O)c1ccccc1)c1cccc([N+](=O)[O-])c1. The molecule has 35 heavy (non-hydrogen) atoms. The van der Waals surface area contributed by atoms with Crippen LogP contribution >= 0.6 is 0 Å². The van der Waals surface area contributed by atoms with Gasteiger partial charge in [-0.1, -0.05) is 42.5 Å². The number of nitro benzene ring substituents is 2. The lowest BCUT2D eigenvalue weighted by atomic mass is 10.1. The number of carbonyl (C=O) groups is 1. The van der Waals surface area contributed by atoms with E-state index in [1.54, 1.807) is 12.1 Å². The molecule has 0 fully saturated rings. The summed E-state index contributed by atoms with van der Waals surface area (Å²) >= 11 is 0. The second kappa shape index (κ2) is 10.5. The molecule has 12 nitrogen and oxygen atoms in total. The summed E-state index contributed by atoms with van der Waals surface area (Å²) in [6.45, 7) is 0.688. The van der Waals surface area contributed by atoms with E-state index in [0.29, 0.717) is 9.87 Å². The maximum atomic E-state index is 13.3. The fourth-order valence-corrected chi connectivity index (χ4v) is 4.53. The highest BCUT2D eigenvalue weighted by Crippen LogP contribution is 2.31.